The van der Waals surface area contributed by atoms with E-state index in [1.807, 2.05) is 12.1 Å². The van der Waals surface area contributed by atoms with Gasteiger partial charge in [-0.05, 0) is 25.0 Å². The van der Waals surface area contributed by atoms with Crippen LogP contribution in [0.2, 0.25) is 0 Å². The quantitative estimate of drug-likeness (QED) is 0.923. The normalized spacial score (nSPS) is 15.6. The fourth-order valence-electron chi connectivity index (χ4n) is 2.25. The van der Waals surface area contributed by atoms with E-state index in [-0.39, 0.29) is 11.9 Å². The van der Waals surface area contributed by atoms with Gasteiger partial charge in [0.15, 0.2) is 0 Å². The van der Waals surface area contributed by atoms with Crippen LogP contribution in [0.3, 0.4) is 0 Å². The topological polar surface area (TPSA) is 77.0 Å². The van der Waals surface area contributed by atoms with Crippen LogP contribution in [0.1, 0.15) is 23.3 Å². The molecule has 21 heavy (non-hydrogen) atoms. The van der Waals surface area contributed by atoms with Crippen molar-refractivity contribution < 1.29 is 9.53 Å². The highest BCUT2D eigenvalue weighted by Gasteiger charge is 2.18. The van der Waals surface area contributed by atoms with Crippen molar-refractivity contribution in [3.8, 4) is 11.3 Å². The van der Waals surface area contributed by atoms with Gasteiger partial charge in [0.1, 0.15) is 12.0 Å². The Morgan fingerprint density at radius 1 is 1.19 bits per heavy atom. The molecule has 0 bridgehead atoms. The molecule has 0 aliphatic carbocycles. The lowest BCUT2D eigenvalue weighted by atomic mass is 10.1. The molecular weight excluding hydrogens is 268 g/mol. The number of nitrogens with one attached hydrogen (secondary N) is 1. The second-order valence-electron chi connectivity index (χ2n) is 4.90. The molecule has 0 atom stereocenters. The Morgan fingerprint density at radius 3 is 2.71 bits per heavy atom. The van der Waals surface area contributed by atoms with Crippen LogP contribution in [0.15, 0.2) is 36.9 Å². The number of hydrogen-bond acceptors (Lipinski definition) is 5. The van der Waals surface area contributed by atoms with Gasteiger partial charge in [0.05, 0.1) is 5.69 Å². The van der Waals surface area contributed by atoms with Gasteiger partial charge in [0, 0.05) is 37.2 Å². The molecule has 1 aliphatic heterocycles. The van der Waals surface area contributed by atoms with Gasteiger partial charge in [0.2, 0.25) is 0 Å². The molecule has 0 radical (unpaired) electrons. The van der Waals surface area contributed by atoms with Crippen LogP contribution in [0.5, 0.6) is 0 Å². The second-order valence-corrected chi connectivity index (χ2v) is 4.90. The van der Waals surface area contributed by atoms with E-state index >= 15 is 0 Å². The predicted octanol–water partition coefficient (Wildman–Crippen LogP) is 1.45. The van der Waals surface area contributed by atoms with Gasteiger partial charge in [-0.3, -0.25) is 4.79 Å². The molecule has 1 aliphatic rings. The molecule has 1 N–H and O–H groups in total. The maximum Gasteiger partial charge on any atom is 0.270 e. The first-order chi connectivity index (χ1) is 10.3. The van der Waals surface area contributed by atoms with Crippen LogP contribution >= 0.6 is 0 Å². The van der Waals surface area contributed by atoms with Crippen molar-refractivity contribution in [3.63, 3.8) is 0 Å². The molecule has 108 valence electrons. The van der Waals surface area contributed by atoms with Gasteiger partial charge in [-0.1, -0.05) is 6.07 Å². The summed E-state index contributed by atoms with van der Waals surface area (Å²) >= 11 is 0. The third-order valence-corrected chi connectivity index (χ3v) is 3.39. The van der Waals surface area contributed by atoms with Crippen molar-refractivity contribution >= 4 is 5.91 Å². The Labute approximate surface area is 122 Å². The summed E-state index contributed by atoms with van der Waals surface area (Å²) in [5.41, 5.74) is 1.89. The van der Waals surface area contributed by atoms with E-state index in [2.05, 4.69) is 20.3 Å². The lowest BCUT2D eigenvalue weighted by molar-refractivity contribution is 0.0694. The zero-order valence-corrected chi connectivity index (χ0v) is 11.5. The van der Waals surface area contributed by atoms with E-state index in [4.69, 9.17) is 4.74 Å². The third-order valence-electron chi connectivity index (χ3n) is 3.39. The fourth-order valence-corrected chi connectivity index (χ4v) is 2.25. The van der Waals surface area contributed by atoms with Crippen molar-refractivity contribution in [1.82, 2.24) is 20.3 Å². The van der Waals surface area contributed by atoms with Gasteiger partial charge < -0.3 is 10.1 Å². The Bertz CT molecular complexity index is 612. The molecule has 0 saturated carbocycles. The highest BCUT2D eigenvalue weighted by atomic mass is 16.5. The minimum absolute atomic E-state index is 0.152. The average Bonchev–Trinajstić information content (AvgIpc) is 2.57. The Balaban J connectivity index is 1.74. The van der Waals surface area contributed by atoms with Crippen LogP contribution in [0.25, 0.3) is 11.3 Å². The largest absolute Gasteiger partial charge is 0.381 e. The zero-order valence-electron chi connectivity index (χ0n) is 11.5. The molecule has 0 unspecified atom stereocenters. The van der Waals surface area contributed by atoms with E-state index < -0.39 is 0 Å². The summed E-state index contributed by atoms with van der Waals surface area (Å²) in [5.74, 6) is -0.152. The number of ether oxygens (including phenoxy) is 1. The smallest absolute Gasteiger partial charge is 0.270 e. The molecule has 0 spiro atoms. The summed E-state index contributed by atoms with van der Waals surface area (Å²) in [4.78, 5) is 24.6. The number of amides is 1. The van der Waals surface area contributed by atoms with E-state index in [1.54, 1.807) is 18.5 Å². The van der Waals surface area contributed by atoms with Gasteiger partial charge in [-0.25, -0.2) is 15.0 Å². The number of hydrogen-bond donors (Lipinski definition) is 1. The number of carbonyl (C=O) groups excluding carboxylic acids is 1. The fraction of sp³-hybridized carbons (Fsp3) is 0.333. The lowest BCUT2D eigenvalue weighted by Crippen LogP contribution is -2.39. The van der Waals surface area contributed by atoms with Gasteiger partial charge >= 0.3 is 0 Å². The van der Waals surface area contributed by atoms with Crippen LogP contribution in [-0.2, 0) is 4.74 Å². The maximum absolute atomic E-state index is 12.3. The number of nitrogens with zero attached hydrogens (tertiary/aromatic N) is 3. The molecular formula is C15H16N4O2. The summed E-state index contributed by atoms with van der Waals surface area (Å²) in [6.07, 6.45) is 6.51. The summed E-state index contributed by atoms with van der Waals surface area (Å²) in [7, 11) is 0. The van der Waals surface area contributed by atoms with Crippen molar-refractivity contribution in [2.24, 2.45) is 0 Å². The molecule has 2 aromatic rings. The van der Waals surface area contributed by atoms with Crippen LogP contribution in [0.4, 0.5) is 0 Å². The van der Waals surface area contributed by atoms with Crippen molar-refractivity contribution in [2.45, 2.75) is 18.9 Å². The molecule has 3 rings (SSSR count). The molecule has 1 saturated heterocycles. The van der Waals surface area contributed by atoms with E-state index in [0.717, 1.165) is 18.4 Å². The number of pyridine rings is 1. The summed E-state index contributed by atoms with van der Waals surface area (Å²) < 4.78 is 5.28. The van der Waals surface area contributed by atoms with Crippen molar-refractivity contribution in [3.05, 3.63) is 42.6 Å². The van der Waals surface area contributed by atoms with Crippen molar-refractivity contribution in [2.75, 3.05) is 13.2 Å². The molecule has 2 aromatic heterocycles. The average molecular weight is 284 g/mol. The minimum Gasteiger partial charge on any atom is -0.381 e. The molecule has 1 amide bonds. The van der Waals surface area contributed by atoms with Gasteiger partial charge in [-0.15, -0.1) is 0 Å². The molecule has 0 aromatic carbocycles. The van der Waals surface area contributed by atoms with Gasteiger partial charge in [-0.2, -0.15) is 0 Å². The van der Waals surface area contributed by atoms with Crippen LogP contribution in [0, 0.1) is 0 Å². The number of rotatable bonds is 3. The lowest BCUT2D eigenvalue weighted by Gasteiger charge is -2.22. The van der Waals surface area contributed by atoms with E-state index in [0.29, 0.717) is 24.6 Å². The molecule has 6 nitrogen and oxygen atoms in total. The van der Waals surface area contributed by atoms with Crippen LogP contribution in [-0.4, -0.2) is 40.1 Å². The minimum atomic E-state index is -0.152. The maximum atomic E-state index is 12.3. The molecule has 3 heterocycles. The Kier molecular flexibility index (Phi) is 4.16. The summed E-state index contributed by atoms with van der Waals surface area (Å²) in [6.45, 7) is 1.39. The first kappa shape index (κ1) is 13.6. The second kappa shape index (κ2) is 6.41. The summed E-state index contributed by atoms with van der Waals surface area (Å²) in [5, 5.41) is 3.00. The first-order valence-corrected chi connectivity index (χ1v) is 6.94. The standard InChI is InChI=1S/C15H16N4O2/c20-15(18-12-4-6-21-7-5-12)14-3-1-2-13(19-14)11-8-16-10-17-9-11/h1-3,8-10,12H,4-7H2,(H,18,20). The monoisotopic (exact) mass is 284 g/mol. The third kappa shape index (κ3) is 3.41. The van der Waals surface area contributed by atoms with Gasteiger partial charge in [0.25, 0.3) is 5.91 Å². The van der Waals surface area contributed by atoms with Crippen LogP contribution < -0.4 is 5.32 Å². The molecule has 6 heteroatoms. The van der Waals surface area contributed by atoms with E-state index in [1.165, 1.54) is 6.33 Å². The Morgan fingerprint density at radius 2 is 1.95 bits per heavy atom. The van der Waals surface area contributed by atoms with Crippen molar-refractivity contribution in [1.29, 1.82) is 0 Å². The highest BCUT2D eigenvalue weighted by Crippen LogP contribution is 2.15. The highest BCUT2D eigenvalue weighted by molar-refractivity contribution is 5.93. The summed E-state index contributed by atoms with van der Waals surface area (Å²) in [6, 6.07) is 5.52. The molecule has 1 fully saturated rings. The zero-order chi connectivity index (χ0) is 14.5. The SMILES string of the molecule is O=C(NC1CCOCC1)c1cccc(-c2cncnc2)n1. The number of carbonyl (C=O) groups is 1. The predicted molar refractivity (Wildman–Crippen MR) is 76.6 cm³/mol. The Hall–Kier alpha value is -2.34. The van der Waals surface area contributed by atoms with E-state index in [9.17, 15) is 4.79 Å². The first-order valence-electron chi connectivity index (χ1n) is 6.94. The number of aromatic nitrogens is 3.